The summed E-state index contributed by atoms with van der Waals surface area (Å²) in [7, 11) is 0. The van der Waals surface area contributed by atoms with E-state index in [1.54, 1.807) is 0 Å². The molecule has 0 aliphatic heterocycles. The summed E-state index contributed by atoms with van der Waals surface area (Å²) < 4.78 is 1.19. The van der Waals surface area contributed by atoms with Crippen molar-refractivity contribution in [2.75, 3.05) is 0 Å². The number of carbonyl (C=O) groups is 1. The van der Waals surface area contributed by atoms with Gasteiger partial charge in [-0.3, -0.25) is 9.78 Å². The molecule has 1 aromatic rings. The zero-order valence-electron chi connectivity index (χ0n) is 7.89. The SMILES string of the molecule is CCn1c(=O)[nH]c(=O)n(CC(=O)O)c1=O. The van der Waals surface area contributed by atoms with E-state index in [4.69, 9.17) is 5.11 Å². The van der Waals surface area contributed by atoms with E-state index in [0.717, 1.165) is 4.57 Å². The van der Waals surface area contributed by atoms with E-state index < -0.39 is 29.6 Å². The van der Waals surface area contributed by atoms with Gasteiger partial charge in [-0.2, -0.15) is 0 Å². The van der Waals surface area contributed by atoms with Gasteiger partial charge in [0.1, 0.15) is 6.54 Å². The van der Waals surface area contributed by atoms with Crippen LogP contribution in [-0.2, 0) is 17.9 Å². The first kappa shape index (κ1) is 11.0. The fourth-order valence-corrected chi connectivity index (χ4v) is 1.10. The molecule has 0 aliphatic rings. The molecule has 8 heteroatoms. The van der Waals surface area contributed by atoms with E-state index in [0.29, 0.717) is 4.57 Å². The molecule has 0 aliphatic carbocycles. The largest absolute Gasteiger partial charge is 0.480 e. The molecule has 0 bridgehead atoms. The van der Waals surface area contributed by atoms with Gasteiger partial charge in [-0.1, -0.05) is 0 Å². The zero-order chi connectivity index (χ0) is 11.6. The minimum Gasteiger partial charge on any atom is -0.480 e. The van der Waals surface area contributed by atoms with Crippen LogP contribution in [0.4, 0.5) is 0 Å². The minimum atomic E-state index is -1.33. The third-order valence-corrected chi connectivity index (χ3v) is 1.78. The Balaban J connectivity index is 3.53. The van der Waals surface area contributed by atoms with Crippen molar-refractivity contribution < 1.29 is 9.90 Å². The van der Waals surface area contributed by atoms with Crippen LogP contribution in [0.2, 0.25) is 0 Å². The van der Waals surface area contributed by atoms with Crippen molar-refractivity contribution in [2.45, 2.75) is 20.0 Å². The van der Waals surface area contributed by atoms with Gasteiger partial charge in [-0.05, 0) is 6.92 Å². The molecule has 0 radical (unpaired) electrons. The lowest BCUT2D eigenvalue weighted by atomic mass is 10.6. The average molecular weight is 215 g/mol. The van der Waals surface area contributed by atoms with Gasteiger partial charge < -0.3 is 5.11 Å². The lowest BCUT2D eigenvalue weighted by molar-refractivity contribution is -0.137. The first-order chi connectivity index (χ1) is 6.97. The van der Waals surface area contributed by atoms with E-state index in [1.165, 1.54) is 6.92 Å². The molecular formula is C7H9N3O5. The predicted molar refractivity (Wildman–Crippen MR) is 48.9 cm³/mol. The second-order valence-electron chi connectivity index (χ2n) is 2.74. The number of carboxylic acid groups (broad SMARTS) is 1. The van der Waals surface area contributed by atoms with Gasteiger partial charge in [0.25, 0.3) is 0 Å². The number of H-pyrrole nitrogens is 1. The third-order valence-electron chi connectivity index (χ3n) is 1.78. The summed E-state index contributed by atoms with van der Waals surface area (Å²) in [4.78, 5) is 45.8. The molecule has 2 N–H and O–H groups in total. The third kappa shape index (κ3) is 2.03. The summed E-state index contributed by atoms with van der Waals surface area (Å²) in [5, 5.41) is 8.45. The molecular weight excluding hydrogens is 206 g/mol. The molecule has 0 fully saturated rings. The Hall–Kier alpha value is -2.12. The molecule has 0 atom stereocenters. The highest BCUT2D eigenvalue weighted by Crippen LogP contribution is 1.72. The maximum atomic E-state index is 11.4. The van der Waals surface area contributed by atoms with E-state index in [1.807, 2.05) is 4.98 Å². The van der Waals surface area contributed by atoms with Crippen molar-refractivity contribution in [1.29, 1.82) is 0 Å². The van der Waals surface area contributed by atoms with Crippen molar-refractivity contribution in [1.82, 2.24) is 14.1 Å². The number of rotatable bonds is 3. The number of carboxylic acids is 1. The maximum Gasteiger partial charge on any atom is 0.336 e. The Morgan fingerprint density at radius 3 is 2.27 bits per heavy atom. The van der Waals surface area contributed by atoms with Crippen molar-refractivity contribution in [2.24, 2.45) is 0 Å². The molecule has 1 heterocycles. The van der Waals surface area contributed by atoms with Gasteiger partial charge in [-0.25, -0.2) is 23.5 Å². The van der Waals surface area contributed by atoms with Crippen LogP contribution in [0.5, 0.6) is 0 Å². The highest BCUT2D eigenvalue weighted by atomic mass is 16.4. The molecule has 0 unspecified atom stereocenters. The molecule has 0 spiro atoms. The zero-order valence-corrected chi connectivity index (χ0v) is 7.89. The van der Waals surface area contributed by atoms with Gasteiger partial charge in [-0.15, -0.1) is 0 Å². The summed E-state index contributed by atoms with van der Waals surface area (Å²) in [6.07, 6.45) is 0. The van der Waals surface area contributed by atoms with Crippen LogP contribution in [0.25, 0.3) is 0 Å². The number of nitrogens with zero attached hydrogens (tertiary/aromatic N) is 2. The number of aromatic nitrogens is 3. The Labute approximate surface area is 82.4 Å². The van der Waals surface area contributed by atoms with Crippen LogP contribution in [0.15, 0.2) is 14.4 Å². The molecule has 1 rings (SSSR count). The number of aliphatic carboxylic acids is 1. The van der Waals surface area contributed by atoms with E-state index in [9.17, 15) is 19.2 Å². The van der Waals surface area contributed by atoms with Crippen LogP contribution in [-0.4, -0.2) is 25.2 Å². The summed E-state index contributed by atoms with van der Waals surface area (Å²) in [5.74, 6) is -1.33. The number of nitrogens with one attached hydrogen (secondary N) is 1. The fraction of sp³-hybridized carbons (Fsp3) is 0.429. The minimum absolute atomic E-state index is 0.0636. The topological polar surface area (TPSA) is 114 Å². The average Bonchev–Trinajstić information content (AvgIpc) is 2.12. The van der Waals surface area contributed by atoms with Crippen LogP contribution < -0.4 is 17.1 Å². The van der Waals surface area contributed by atoms with E-state index >= 15 is 0 Å². The Morgan fingerprint density at radius 2 is 1.80 bits per heavy atom. The highest BCUT2D eigenvalue weighted by molar-refractivity contribution is 5.66. The van der Waals surface area contributed by atoms with E-state index in [-0.39, 0.29) is 6.54 Å². The molecule has 0 aromatic carbocycles. The Kier molecular flexibility index (Phi) is 2.88. The first-order valence-electron chi connectivity index (χ1n) is 4.13. The lowest BCUT2D eigenvalue weighted by Crippen LogP contribution is -2.50. The summed E-state index contributed by atoms with van der Waals surface area (Å²) >= 11 is 0. The van der Waals surface area contributed by atoms with Crippen molar-refractivity contribution in [3.63, 3.8) is 0 Å². The lowest BCUT2D eigenvalue weighted by Gasteiger charge is -2.03. The van der Waals surface area contributed by atoms with Crippen LogP contribution in [0.3, 0.4) is 0 Å². The predicted octanol–water partition coefficient (Wildman–Crippen LogP) is -2.20. The Morgan fingerprint density at radius 1 is 1.27 bits per heavy atom. The van der Waals surface area contributed by atoms with Crippen LogP contribution in [0.1, 0.15) is 6.92 Å². The van der Waals surface area contributed by atoms with Crippen molar-refractivity contribution in [3.8, 4) is 0 Å². The van der Waals surface area contributed by atoms with Gasteiger partial charge in [0.2, 0.25) is 0 Å². The number of hydrogen-bond donors (Lipinski definition) is 2. The molecule has 82 valence electrons. The summed E-state index contributed by atoms with van der Waals surface area (Å²) in [5.41, 5.74) is -2.78. The van der Waals surface area contributed by atoms with Gasteiger partial charge in [0, 0.05) is 6.54 Å². The summed E-state index contributed by atoms with van der Waals surface area (Å²) in [6, 6.07) is 0. The first-order valence-corrected chi connectivity index (χ1v) is 4.13. The monoisotopic (exact) mass is 215 g/mol. The maximum absolute atomic E-state index is 11.4. The second kappa shape index (κ2) is 3.95. The Bertz CT molecular complexity index is 549. The van der Waals surface area contributed by atoms with Gasteiger partial charge in [0.05, 0.1) is 0 Å². The smallest absolute Gasteiger partial charge is 0.336 e. The summed E-state index contributed by atoms with van der Waals surface area (Å²) in [6.45, 7) is 0.828. The molecule has 1 aromatic heterocycles. The second-order valence-corrected chi connectivity index (χ2v) is 2.74. The molecule has 0 saturated heterocycles. The fourth-order valence-electron chi connectivity index (χ4n) is 1.10. The molecule has 0 amide bonds. The van der Waals surface area contributed by atoms with Gasteiger partial charge >= 0.3 is 23.0 Å². The van der Waals surface area contributed by atoms with Crippen molar-refractivity contribution in [3.05, 3.63) is 31.5 Å². The quantitative estimate of drug-likeness (QED) is 0.594. The molecule has 8 nitrogen and oxygen atoms in total. The molecule has 0 saturated carbocycles. The van der Waals surface area contributed by atoms with Crippen LogP contribution >= 0.6 is 0 Å². The normalized spacial score (nSPS) is 10.2. The number of hydrogen-bond acceptors (Lipinski definition) is 4. The van der Waals surface area contributed by atoms with Crippen molar-refractivity contribution >= 4 is 5.97 Å². The van der Waals surface area contributed by atoms with E-state index in [2.05, 4.69) is 0 Å². The van der Waals surface area contributed by atoms with Gasteiger partial charge in [0.15, 0.2) is 0 Å². The number of aromatic amines is 1. The van der Waals surface area contributed by atoms with Crippen LogP contribution in [0, 0.1) is 0 Å². The molecule has 15 heavy (non-hydrogen) atoms. The highest BCUT2D eigenvalue weighted by Gasteiger charge is 2.10. The standard InChI is InChI=1S/C7H9N3O5/c1-2-9-5(13)8-6(14)10(7(9)15)3-4(11)12/h2-3H2,1H3,(H,11,12)(H,8,13,14).